The van der Waals surface area contributed by atoms with Crippen molar-refractivity contribution < 1.29 is 17.7 Å². The summed E-state index contributed by atoms with van der Waals surface area (Å²) >= 11 is 0. The van der Waals surface area contributed by atoms with Crippen LogP contribution >= 0.6 is 0 Å². The molecular formula is C21H19F3N2O. The molecule has 1 fully saturated rings. The highest BCUT2D eigenvalue weighted by Crippen LogP contribution is 2.41. The highest BCUT2D eigenvalue weighted by atomic mass is 19.4. The third-order valence-electron chi connectivity index (χ3n) is 5.21. The number of rotatable bonds is 4. The molecule has 0 bridgehead atoms. The average molecular weight is 372 g/mol. The molecule has 140 valence electrons. The van der Waals surface area contributed by atoms with Gasteiger partial charge < -0.3 is 4.52 Å². The Morgan fingerprint density at radius 2 is 1.59 bits per heavy atom. The number of halogens is 3. The van der Waals surface area contributed by atoms with Gasteiger partial charge in [0.1, 0.15) is 0 Å². The molecule has 1 aliphatic rings. The van der Waals surface area contributed by atoms with E-state index in [2.05, 4.69) is 22.3 Å². The number of nitrogens with zero attached hydrogens (tertiary/aromatic N) is 2. The standard InChI is InChI=1S/C21H19F3N2O/c22-21(23,24)17-12-10-16(11-13-17)19-25-20(27-26-19)18(15-8-4-5-9-15)14-6-2-1-3-7-14/h1-3,6-7,10-13,15,18H,4-5,8-9H2/t18-/m1/s1. The molecule has 1 aliphatic carbocycles. The maximum atomic E-state index is 12.7. The number of hydrogen-bond donors (Lipinski definition) is 0. The minimum atomic E-state index is -4.36. The van der Waals surface area contributed by atoms with E-state index in [-0.39, 0.29) is 5.92 Å². The van der Waals surface area contributed by atoms with Crippen molar-refractivity contribution in [1.29, 1.82) is 0 Å². The van der Waals surface area contributed by atoms with E-state index >= 15 is 0 Å². The Morgan fingerprint density at radius 1 is 0.926 bits per heavy atom. The van der Waals surface area contributed by atoms with Crippen molar-refractivity contribution >= 4 is 0 Å². The van der Waals surface area contributed by atoms with Gasteiger partial charge in [-0.2, -0.15) is 18.2 Å². The first kappa shape index (κ1) is 17.8. The lowest BCUT2D eigenvalue weighted by Crippen LogP contribution is -2.12. The van der Waals surface area contributed by atoms with Crippen LogP contribution in [0.1, 0.15) is 48.6 Å². The molecule has 0 amide bonds. The molecule has 3 nitrogen and oxygen atoms in total. The van der Waals surface area contributed by atoms with Crippen LogP contribution in [-0.4, -0.2) is 10.1 Å². The van der Waals surface area contributed by atoms with Gasteiger partial charge in [-0.1, -0.05) is 60.5 Å². The van der Waals surface area contributed by atoms with Crippen molar-refractivity contribution in [2.45, 2.75) is 37.8 Å². The van der Waals surface area contributed by atoms with Gasteiger partial charge in [0, 0.05) is 5.56 Å². The normalized spacial score (nSPS) is 16.6. The molecule has 4 rings (SSSR count). The van der Waals surface area contributed by atoms with Crippen LogP contribution in [0.25, 0.3) is 11.4 Å². The summed E-state index contributed by atoms with van der Waals surface area (Å²) in [5, 5.41) is 4.03. The molecule has 0 unspecified atom stereocenters. The van der Waals surface area contributed by atoms with E-state index in [1.165, 1.54) is 25.0 Å². The number of alkyl halides is 3. The van der Waals surface area contributed by atoms with Crippen LogP contribution in [-0.2, 0) is 6.18 Å². The topological polar surface area (TPSA) is 38.9 Å². The second-order valence-corrected chi connectivity index (χ2v) is 6.96. The summed E-state index contributed by atoms with van der Waals surface area (Å²) in [7, 11) is 0. The minimum Gasteiger partial charge on any atom is -0.338 e. The van der Waals surface area contributed by atoms with Crippen LogP contribution in [0.4, 0.5) is 13.2 Å². The summed E-state index contributed by atoms with van der Waals surface area (Å²) in [4.78, 5) is 4.53. The van der Waals surface area contributed by atoms with E-state index in [1.54, 1.807) is 0 Å². The SMILES string of the molecule is FC(F)(F)c1ccc(-c2noc([C@H](c3ccccc3)C3CCCC3)n2)cc1. The lowest BCUT2D eigenvalue weighted by molar-refractivity contribution is -0.137. The van der Waals surface area contributed by atoms with Crippen molar-refractivity contribution in [2.24, 2.45) is 5.92 Å². The Labute approximate surface area is 155 Å². The number of benzene rings is 2. The average Bonchev–Trinajstić information content (AvgIpc) is 3.35. The minimum absolute atomic E-state index is 0.0180. The van der Waals surface area contributed by atoms with Crippen LogP contribution in [0.2, 0.25) is 0 Å². The van der Waals surface area contributed by atoms with Crippen LogP contribution in [0.15, 0.2) is 59.1 Å². The first-order chi connectivity index (χ1) is 13.0. The zero-order valence-electron chi connectivity index (χ0n) is 14.6. The molecular weight excluding hydrogens is 353 g/mol. The van der Waals surface area contributed by atoms with E-state index < -0.39 is 11.7 Å². The summed E-state index contributed by atoms with van der Waals surface area (Å²) in [5.74, 6) is 1.30. The number of hydrogen-bond acceptors (Lipinski definition) is 3. The summed E-state index contributed by atoms with van der Waals surface area (Å²) < 4.78 is 43.8. The fourth-order valence-electron chi connectivity index (χ4n) is 3.85. The second-order valence-electron chi connectivity index (χ2n) is 6.96. The highest BCUT2D eigenvalue weighted by molar-refractivity contribution is 5.55. The summed E-state index contributed by atoms with van der Waals surface area (Å²) in [6, 6.07) is 14.9. The molecule has 1 atom stereocenters. The van der Waals surface area contributed by atoms with Gasteiger partial charge in [-0.15, -0.1) is 0 Å². The quantitative estimate of drug-likeness (QED) is 0.557. The smallest absolute Gasteiger partial charge is 0.338 e. The molecule has 1 aromatic heterocycles. The fraction of sp³-hybridized carbons (Fsp3) is 0.333. The molecule has 0 saturated heterocycles. The Bertz CT molecular complexity index is 882. The highest BCUT2D eigenvalue weighted by Gasteiger charge is 2.33. The van der Waals surface area contributed by atoms with Crippen LogP contribution < -0.4 is 0 Å². The summed E-state index contributed by atoms with van der Waals surface area (Å²) in [5.41, 5.74) is 0.950. The molecule has 6 heteroatoms. The van der Waals surface area contributed by atoms with Crippen molar-refractivity contribution in [3.63, 3.8) is 0 Å². The van der Waals surface area contributed by atoms with Crippen LogP contribution in [0.3, 0.4) is 0 Å². The molecule has 0 N–H and O–H groups in total. The molecule has 0 radical (unpaired) electrons. The molecule has 2 aromatic carbocycles. The van der Waals surface area contributed by atoms with E-state index in [0.29, 0.717) is 23.2 Å². The molecule has 0 aliphatic heterocycles. The Morgan fingerprint density at radius 3 is 2.22 bits per heavy atom. The molecule has 27 heavy (non-hydrogen) atoms. The Hall–Kier alpha value is -2.63. The van der Waals surface area contributed by atoms with Gasteiger partial charge in [0.15, 0.2) is 0 Å². The maximum Gasteiger partial charge on any atom is 0.416 e. The van der Waals surface area contributed by atoms with E-state index in [0.717, 1.165) is 30.5 Å². The van der Waals surface area contributed by atoms with E-state index in [9.17, 15) is 13.2 Å². The van der Waals surface area contributed by atoms with Crippen molar-refractivity contribution in [1.82, 2.24) is 10.1 Å². The monoisotopic (exact) mass is 372 g/mol. The van der Waals surface area contributed by atoms with Gasteiger partial charge in [-0.05, 0) is 36.5 Å². The predicted molar refractivity (Wildman–Crippen MR) is 95.0 cm³/mol. The maximum absolute atomic E-state index is 12.7. The first-order valence-corrected chi connectivity index (χ1v) is 9.08. The zero-order chi connectivity index (χ0) is 18.9. The zero-order valence-corrected chi connectivity index (χ0v) is 14.6. The second kappa shape index (κ2) is 7.18. The van der Waals surface area contributed by atoms with Crippen molar-refractivity contribution in [3.8, 4) is 11.4 Å². The van der Waals surface area contributed by atoms with Gasteiger partial charge >= 0.3 is 6.18 Å². The third kappa shape index (κ3) is 3.75. The summed E-state index contributed by atoms with van der Waals surface area (Å²) in [6.07, 6.45) is 0.235. The van der Waals surface area contributed by atoms with Gasteiger partial charge in [-0.3, -0.25) is 0 Å². The van der Waals surface area contributed by atoms with E-state index in [1.807, 2.05) is 18.2 Å². The fourth-order valence-corrected chi connectivity index (χ4v) is 3.85. The Kier molecular flexibility index (Phi) is 4.72. The van der Waals surface area contributed by atoms with Crippen LogP contribution in [0.5, 0.6) is 0 Å². The van der Waals surface area contributed by atoms with Gasteiger partial charge in [0.05, 0.1) is 11.5 Å². The molecule has 1 heterocycles. The lowest BCUT2D eigenvalue weighted by atomic mass is 9.85. The molecule has 3 aromatic rings. The molecule has 1 saturated carbocycles. The lowest BCUT2D eigenvalue weighted by Gasteiger charge is -2.20. The van der Waals surface area contributed by atoms with Crippen molar-refractivity contribution in [2.75, 3.05) is 0 Å². The first-order valence-electron chi connectivity index (χ1n) is 9.08. The van der Waals surface area contributed by atoms with Gasteiger partial charge in [0.25, 0.3) is 0 Å². The van der Waals surface area contributed by atoms with Gasteiger partial charge in [-0.25, -0.2) is 0 Å². The number of aromatic nitrogens is 2. The largest absolute Gasteiger partial charge is 0.416 e. The van der Waals surface area contributed by atoms with Gasteiger partial charge in [0.2, 0.25) is 11.7 Å². The molecule has 0 spiro atoms. The summed E-state index contributed by atoms with van der Waals surface area (Å²) in [6.45, 7) is 0. The third-order valence-corrected chi connectivity index (χ3v) is 5.21. The van der Waals surface area contributed by atoms with E-state index in [4.69, 9.17) is 4.52 Å². The van der Waals surface area contributed by atoms with Crippen LogP contribution in [0, 0.1) is 5.92 Å². The van der Waals surface area contributed by atoms with Crippen molar-refractivity contribution in [3.05, 3.63) is 71.6 Å². The Balaban J connectivity index is 1.65. The predicted octanol–water partition coefficient (Wildman–Crippen LogP) is 6.08.